The predicted molar refractivity (Wildman–Crippen MR) is 119 cm³/mol. The number of carbonyl (C=O) groups excluding carboxylic acids is 2. The summed E-state index contributed by atoms with van der Waals surface area (Å²) in [6, 6.07) is 1.08. The minimum absolute atomic E-state index is 0.127. The number of hydrogen-bond donors (Lipinski definition) is 2. The highest BCUT2D eigenvalue weighted by molar-refractivity contribution is 5.81. The van der Waals surface area contributed by atoms with Gasteiger partial charge < -0.3 is 10.6 Å². The first-order valence-corrected chi connectivity index (χ1v) is 12.3. The van der Waals surface area contributed by atoms with Crippen molar-refractivity contribution in [3.8, 4) is 0 Å². The molecule has 4 nitrogen and oxygen atoms in total. The van der Waals surface area contributed by atoms with Crippen LogP contribution in [0.25, 0.3) is 0 Å². The molecule has 0 aromatic rings. The lowest BCUT2D eigenvalue weighted by molar-refractivity contribution is -0.129. The van der Waals surface area contributed by atoms with E-state index in [2.05, 4.69) is 31.5 Å². The number of amides is 1. The molecule has 0 aromatic carbocycles. The molecule has 0 heterocycles. The molecule has 29 heavy (non-hydrogen) atoms. The van der Waals surface area contributed by atoms with Crippen LogP contribution in [0.3, 0.4) is 0 Å². The molecule has 0 spiro atoms. The summed E-state index contributed by atoms with van der Waals surface area (Å²) in [5.74, 6) is 2.50. The first kappa shape index (κ1) is 22.8. The Kier molecular flexibility index (Phi) is 7.81. The third-order valence-corrected chi connectivity index (χ3v) is 8.99. The van der Waals surface area contributed by atoms with E-state index in [-0.39, 0.29) is 17.7 Å². The number of ketones is 1. The highest BCUT2D eigenvalue weighted by Crippen LogP contribution is 2.48. The first-order valence-electron chi connectivity index (χ1n) is 12.3. The quantitative estimate of drug-likeness (QED) is 0.664. The average Bonchev–Trinajstić information content (AvgIpc) is 2.74. The van der Waals surface area contributed by atoms with E-state index in [4.69, 9.17) is 0 Å². The molecule has 3 rings (SSSR count). The van der Waals surface area contributed by atoms with Gasteiger partial charge in [0.05, 0.1) is 0 Å². The normalized spacial score (nSPS) is 36.4. The van der Waals surface area contributed by atoms with Crippen LogP contribution in [0.15, 0.2) is 0 Å². The number of rotatable bonds is 6. The van der Waals surface area contributed by atoms with Gasteiger partial charge in [0.1, 0.15) is 5.78 Å². The maximum Gasteiger partial charge on any atom is 0.223 e. The zero-order valence-electron chi connectivity index (χ0n) is 19.3. The summed E-state index contributed by atoms with van der Waals surface area (Å²) < 4.78 is 0. The predicted octanol–water partition coefficient (Wildman–Crippen LogP) is 4.86. The molecule has 0 unspecified atom stereocenters. The summed E-state index contributed by atoms with van der Waals surface area (Å²) in [6.45, 7) is 6.71. The van der Waals surface area contributed by atoms with Gasteiger partial charge in [0, 0.05) is 23.9 Å². The second kappa shape index (κ2) is 9.94. The Morgan fingerprint density at radius 3 is 1.59 bits per heavy atom. The molecular weight excluding hydrogens is 360 g/mol. The molecule has 2 N–H and O–H groups in total. The van der Waals surface area contributed by atoms with Crippen LogP contribution >= 0.6 is 0 Å². The van der Waals surface area contributed by atoms with E-state index in [1.807, 2.05) is 0 Å². The molecular formula is C25H44N2O2. The molecule has 0 atom stereocenters. The van der Waals surface area contributed by atoms with Crippen molar-refractivity contribution in [2.24, 2.45) is 29.1 Å². The van der Waals surface area contributed by atoms with Crippen molar-refractivity contribution in [1.82, 2.24) is 10.6 Å². The summed E-state index contributed by atoms with van der Waals surface area (Å²) in [5.41, 5.74) is 0.415. The maximum atomic E-state index is 12.7. The van der Waals surface area contributed by atoms with Crippen LogP contribution in [-0.4, -0.2) is 30.8 Å². The molecule has 0 saturated heterocycles. The van der Waals surface area contributed by atoms with Gasteiger partial charge in [-0.1, -0.05) is 13.8 Å². The molecule has 4 heteroatoms. The van der Waals surface area contributed by atoms with Crippen LogP contribution in [0.5, 0.6) is 0 Å². The van der Waals surface area contributed by atoms with Crippen LogP contribution in [0, 0.1) is 29.1 Å². The van der Waals surface area contributed by atoms with Gasteiger partial charge in [0.15, 0.2) is 0 Å². The number of nitrogens with one attached hydrogen (secondary N) is 2. The molecule has 0 radical (unpaired) electrons. The topological polar surface area (TPSA) is 58.2 Å². The van der Waals surface area contributed by atoms with Gasteiger partial charge >= 0.3 is 0 Å². The largest absolute Gasteiger partial charge is 0.353 e. The van der Waals surface area contributed by atoms with Crippen molar-refractivity contribution in [3.05, 3.63) is 0 Å². The molecule has 3 saturated carbocycles. The lowest BCUT2D eigenvalue weighted by Gasteiger charge is -2.47. The summed E-state index contributed by atoms with van der Waals surface area (Å²) >= 11 is 0. The van der Waals surface area contributed by atoms with Crippen LogP contribution in [0.2, 0.25) is 0 Å². The maximum absolute atomic E-state index is 12.7. The third-order valence-electron chi connectivity index (χ3n) is 8.99. The molecule has 166 valence electrons. The van der Waals surface area contributed by atoms with Gasteiger partial charge in [-0.25, -0.2) is 0 Å². The molecule has 0 aromatic heterocycles. The average molecular weight is 405 g/mol. The van der Waals surface area contributed by atoms with Gasteiger partial charge in [-0.2, -0.15) is 0 Å². The Bertz CT molecular complexity index is 549. The summed E-state index contributed by atoms with van der Waals surface area (Å²) in [4.78, 5) is 24.3. The second-order valence-electron chi connectivity index (χ2n) is 10.9. The zero-order valence-corrected chi connectivity index (χ0v) is 19.3. The lowest BCUT2D eigenvalue weighted by atomic mass is 9.60. The van der Waals surface area contributed by atoms with Gasteiger partial charge in [0.2, 0.25) is 5.91 Å². The summed E-state index contributed by atoms with van der Waals surface area (Å²) in [6.07, 6.45) is 13.7. The van der Waals surface area contributed by atoms with Crippen molar-refractivity contribution >= 4 is 11.7 Å². The van der Waals surface area contributed by atoms with Crippen molar-refractivity contribution < 1.29 is 9.59 Å². The Morgan fingerprint density at radius 2 is 1.14 bits per heavy atom. The molecule has 3 aliphatic carbocycles. The monoisotopic (exact) mass is 404 g/mol. The summed E-state index contributed by atoms with van der Waals surface area (Å²) in [5, 5.41) is 6.82. The first-order chi connectivity index (χ1) is 13.8. The Hall–Kier alpha value is -0.900. The Morgan fingerprint density at radius 1 is 0.690 bits per heavy atom. The number of Topliss-reactive ketones (excluding diaryl/α,β-unsaturated/α-hetero) is 1. The van der Waals surface area contributed by atoms with Crippen molar-refractivity contribution in [2.45, 2.75) is 110 Å². The van der Waals surface area contributed by atoms with E-state index in [9.17, 15) is 9.59 Å². The lowest BCUT2D eigenvalue weighted by Crippen LogP contribution is -2.45. The smallest absolute Gasteiger partial charge is 0.223 e. The van der Waals surface area contributed by atoms with Crippen LogP contribution < -0.4 is 10.6 Å². The molecule has 3 fully saturated rings. The molecule has 3 aliphatic rings. The fourth-order valence-corrected chi connectivity index (χ4v) is 6.52. The fraction of sp³-hybridized carbons (Fsp3) is 0.920. The zero-order chi connectivity index (χ0) is 21.0. The van der Waals surface area contributed by atoms with Crippen molar-refractivity contribution in [2.75, 3.05) is 7.05 Å². The minimum atomic E-state index is 0.127. The number of carbonyl (C=O) groups is 2. The Labute approximate surface area is 178 Å². The molecule has 0 bridgehead atoms. The van der Waals surface area contributed by atoms with Gasteiger partial charge in [-0.15, -0.1) is 0 Å². The standard InChI is InChI=1S/C25H44N2O2/c1-17(28)18-5-7-19(8-6-18)24(29)27-23-15-11-21(12-16-23)25(2,3)20-9-13-22(26-4)14-10-20/h18-23,26H,5-16H2,1-4H3,(H,27,29). The van der Waals surface area contributed by atoms with E-state index in [0.717, 1.165) is 56.4 Å². The van der Waals surface area contributed by atoms with Crippen molar-refractivity contribution in [3.63, 3.8) is 0 Å². The van der Waals surface area contributed by atoms with E-state index >= 15 is 0 Å². The van der Waals surface area contributed by atoms with Crippen molar-refractivity contribution in [1.29, 1.82) is 0 Å². The fourth-order valence-electron chi connectivity index (χ4n) is 6.52. The highest BCUT2D eigenvalue weighted by Gasteiger charge is 2.40. The molecule has 0 aliphatic heterocycles. The molecule has 1 amide bonds. The van der Waals surface area contributed by atoms with E-state index < -0.39 is 0 Å². The van der Waals surface area contributed by atoms with Gasteiger partial charge in [0.25, 0.3) is 0 Å². The van der Waals surface area contributed by atoms with E-state index in [0.29, 0.717) is 17.2 Å². The summed E-state index contributed by atoms with van der Waals surface area (Å²) in [7, 11) is 2.10. The van der Waals surface area contributed by atoms with Gasteiger partial charge in [-0.05, 0) is 108 Å². The SMILES string of the molecule is CNC1CCC(C(C)(C)C2CCC(NC(=O)C3CCC(C(C)=O)CC3)CC2)CC1. The second-order valence-corrected chi connectivity index (χ2v) is 10.9. The van der Waals surface area contributed by atoms with Crippen LogP contribution in [-0.2, 0) is 9.59 Å². The number of hydrogen-bond acceptors (Lipinski definition) is 3. The van der Waals surface area contributed by atoms with E-state index in [1.54, 1.807) is 6.92 Å². The Balaban J connectivity index is 1.42. The van der Waals surface area contributed by atoms with Crippen LogP contribution in [0.1, 0.15) is 97.8 Å². The van der Waals surface area contributed by atoms with E-state index in [1.165, 1.54) is 38.5 Å². The minimum Gasteiger partial charge on any atom is -0.353 e. The highest BCUT2D eigenvalue weighted by atomic mass is 16.2. The third kappa shape index (κ3) is 5.62. The van der Waals surface area contributed by atoms with Gasteiger partial charge in [-0.3, -0.25) is 9.59 Å². The van der Waals surface area contributed by atoms with Crippen LogP contribution in [0.4, 0.5) is 0 Å².